The summed E-state index contributed by atoms with van der Waals surface area (Å²) in [5, 5.41) is 7.96. The molecule has 284 valence electrons. The maximum atomic E-state index is 6.68. The summed E-state index contributed by atoms with van der Waals surface area (Å²) in [6.45, 7) is 0. The van der Waals surface area contributed by atoms with Crippen molar-refractivity contribution in [1.29, 1.82) is 0 Å². The fraction of sp³-hybridized carbons (Fsp3) is 0. The number of nitrogens with zero attached hydrogens (tertiary/aromatic N) is 3. The molecule has 0 unspecified atom stereocenters. The van der Waals surface area contributed by atoms with E-state index in [2.05, 4.69) is 176 Å². The zero-order valence-corrected chi connectivity index (χ0v) is 33.0. The van der Waals surface area contributed by atoms with Crippen LogP contribution in [0.1, 0.15) is 0 Å². The summed E-state index contributed by atoms with van der Waals surface area (Å²) in [5.41, 5.74) is 13.8. The lowest BCUT2D eigenvalue weighted by Gasteiger charge is -2.13. The number of fused-ring (bicyclic) bond motifs is 8. The lowest BCUT2D eigenvalue weighted by Crippen LogP contribution is -1.96. The first-order valence-corrected chi connectivity index (χ1v) is 20.6. The quantitative estimate of drug-likeness (QED) is 0.158. The first-order chi connectivity index (χ1) is 30.2. The molecule has 12 rings (SSSR count). The van der Waals surface area contributed by atoms with Crippen LogP contribution in [0.25, 0.3) is 122 Å². The average molecular weight is 778 g/mol. The Labute approximate surface area is 352 Å². The van der Waals surface area contributed by atoms with Crippen molar-refractivity contribution in [3.8, 4) is 67.4 Å². The molecule has 61 heavy (non-hydrogen) atoms. The highest BCUT2D eigenvalue weighted by Crippen LogP contribution is 2.42. The molecule has 0 amide bonds. The summed E-state index contributed by atoms with van der Waals surface area (Å²) in [6, 6.07) is 74.4. The van der Waals surface area contributed by atoms with Gasteiger partial charge in [-0.15, -0.1) is 0 Å². The minimum Gasteiger partial charge on any atom is -0.455 e. The van der Waals surface area contributed by atoms with E-state index >= 15 is 0 Å². The molecule has 9 aromatic carbocycles. The van der Waals surface area contributed by atoms with E-state index in [1.165, 1.54) is 32.7 Å². The molecule has 0 saturated heterocycles. The zero-order chi connectivity index (χ0) is 40.3. The second kappa shape index (κ2) is 14.3. The van der Waals surface area contributed by atoms with Gasteiger partial charge in [-0.3, -0.25) is 0 Å². The van der Waals surface area contributed by atoms with Crippen LogP contribution in [0.2, 0.25) is 0 Å². The van der Waals surface area contributed by atoms with Crippen molar-refractivity contribution in [3.05, 3.63) is 212 Å². The molecular formula is C57H35N3O. The molecule has 0 fully saturated rings. The Kier molecular flexibility index (Phi) is 8.13. The number of pyridine rings is 1. The van der Waals surface area contributed by atoms with E-state index in [4.69, 9.17) is 19.4 Å². The van der Waals surface area contributed by atoms with Crippen LogP contribution in [0.5, 0.6) is 0 Å². The third-order valence-electron chi connectivity index (χ3n) is 11.9. The third kappa shape index (κ3) is 6.04. The van der Waals surface area contributed by atoms with Gasteiger partial charge in [-0.2, -0.15) is 0 Å². The van der Waals surface area contributed by atoms with Gasteiger partial charge < -0.3 is 4.42 Å². The van der Waals surface area contributed by atoms with E-state index in [1.54, 1.807) is 0 Å². The summed E-state index contributed by atoms with van der Waals surface area (Å²) >= 11 is 0. The largest absolute Gasteiger partial charge is 0.455 e. The fourth-order valence-corrected chi connectivity index (χ4v) is 8.85. The predicted octanol–water partition coefficient (Wildman–Crippen LogP) is 15.2. The molecule has 0 bridgehead atoms. The highest BCUT2D eigenvalue weighted by molar-refractivity contribution is 6.20. The molecule has 0 saturated carbocycles. The Morgan fingerprint density at radius 3 is 1.59 bits per heavy atom. The summed E-state index contributed by atoms with van der Waals surface area (Å²) in [7, 11) is 0. The predicted molar refractivity (Wildman–Crippen MR) is 252 cm³/mol. The van der Waals surface area contributed by atoms with Crippen LogP contribution in [-0.4, -0.2) is 15.0 Å². The molecular weight excluding hydrogens is 743 g/mol. The Balaban J connectivity index is 0.992. The first-order valence-electron chi connectivity index (χ1n) is 20.6. The Hall–Kier alpha value is -8.21. The van der Waals surface area contributed by atoms with E-state index in [0.29, 0.717) is 5.82 Å². The van der Waals surface area contributed by atoms with E-state index in [9.17, 15) is 0 Å². The summed E-state index contributed by atoms with van der Waals surface area (Å²) < 4.78 is 6.68. The van der Waals surface area contributed by atoms with E-state index in [-0.39, 0.29) is 0 Å². The summed E-state index contributed by atoms with van der Waals surface area (Å²) in [6.07, 6.45) is 0. The summed E-state index contributed by atoms with van der Waals surface area (Å²) in [5.74, 6) is 0.682. The van der Waals surface area contributed by atoms with Crippen LogP contribution in [0, 0.1) is 0 Å². The number of aromatic nitrogens is 3. The number of para-hydroxylation sites is 1. The van der Waals surface area contributed by atoms with Gasteiger partial charge in [0.2, 0.25) is 0 Å². The summed E-state index contributed by atoms with van der Waals surface area (Å²) in [4.78, 5) is 15.7. The van der Waals surface area contributed by atoms with Gasteiger partial charge in [0.05, 0.1) is 28.0 Å². The molecule has 0 aliphatic carbocycles. The van der Waals surface area contributed by atoms with Crippen molar-refractivity contribution in [2.45, 2.75) is 0 Å². The molecule has 3 aromatic heterocycles. The molecule has 3 heterocycles. The van der Waals surface area contributed by atoms with Crippen LogP contribution < -0.4 is 0 Å². The lowest BCUT2D eigenvalue weighted by molar-refractivity contribution is 0.672. The zero-order valence-electron chi connectivity index (χ0n) is 33.0. The number of hydrogen-bond donors (Lipinski definition) is 0. The van der Waals surface area contributed by atoms with Gasteiger partial charge in [0.1, 0.15) is 11.2 Å². The second-order valence-corrected chi connectivity index (χ2v) is 15.5. The molecule has 0 radical (unpaired) electrons. The van der Waals surface area contributed by atoms with Crippen molar-refractivity contribution >= 4 is 54.4 Å². The van der Waals surface area contributed by atoms with Gasteiger partial charge >= 0.3 is 0 Å². The molecule has 4 nitrogen and oxygen atoms in total. The number of benzene rings is 9. The van der Waals surface area contributed by atoms with E-state index in [1.807, 2.05) is 36.4 Å². The molecule has 4 heteroatoms. The van der Waals surface area contributed by atoms with Gasteiger partial charge in [-0.25, -0.2) is 15.0 Å². The first kappa shape index (κ1) is 34.8. The minimum atomic E-state index is 0.682. The Morgan fingerprint density at radius 1 is 0.328 bits per heavy atom. The van der Waals surface area contributed by atoms with Gasteiger partial charge in [-0.1, -0.05) is 182 Å². The minimum absolute atomic E-state index is 0.682. The van der Waals surface area contributed by atoms with Crippen LogP contribution in [0.4, 0.5) is 0 Å². The van der Waals surface area contributed by atoms with Crippen molar-refractivity contribution < 1.29 is 4.42 Å². The van der Waals surface area contributed by atoms with Crippen LogP contribution >= 0.6 is 0 Å². The Morgan fingerprint density at radius 2 is 0.869 bits per heavy atom. The number of rotatable bonds is 6. The highest BCUT2D eigenvalue weighted by Gasteiger charge is 2.20. The smallest absolute Gasteiger partial charge is 0.160 e. The topological polar surface area (TPSA) is 51.8 Å². The number of furan rings is 1. The monoisotopic (exact) mass is 777 g/mol. The van der Waals surface area contributed by atoms with Crippen molar-refractivity contribution in [2.75, 3.05) is 0 Å². The maximum Gasteiger partial charge on any atom is 0.160 e. The molecule has 0 atom stereocenters. The molecule has 0 spiro atoms. The van der Waals surface area contributed by atoms with Gasteiger partial charge in [0, 0.05) is 33.0 Å². The second-order valence-electron chi connectivity index (χ2n) is 15.5. The lowest BCUT2D eigenvalue weighted by atomic mass is 9.92. The number of hydrogen-bond acceptors (Lipinski definition) is 4. The average Bonchev–Trinajstić information content (AvgIpc) is 3.74. The molecule has 0 N–H and O–H groups in total. The SMILES string of the molecule is c1ccc(-c2ccc(-c3cc(-c4ccc(-c5nc6cc(-c7cc8ccccc8c8ccccc78)ccc6c6oc7ccccc7c56)cc4)nc(-c4ccccc4)n3)cc2)cc1. The van der Waals surface area contributed by atoms with Crippen molar-refractivity contribution in [3.63, 3.8) is 0 Å². The normalized spacial score (nSPS) is 11.6. The van der Waals surface area contributed by atoms with Crippen LogP contribution in [0.15, 0.2) is 217 Å². The van der Waals surface area contributed by atoms with E-state index < -0.39 is 0 Å². The van der Waals surface area contributed by atoms with Gasteiger partial charge in [0.15, 0.2) is 5.82 Å². The van der Waals surface area contributed by atoms with Gasteiger partial charge in [-0.05, 0) is 74.1 Å². The molecule has 0 aliphatic heterocycles. The van der Waals surface area contributed by atoms with Gasteiger partial charge in [0.25, 0.3) is 0 Å². The maximum absolute atomic E-state index is 6.68. The van der Waals surface area contributed by atoms with E-state index in [0.717, 1.165) is 83.3 Å². The van der Waals surface area contributed by atoms with Crippen molar-refractivity contribution in [2.24, 2.45) is 0 Å². The van der Waals surface area contributed by atoms with Crippen LogP contribution in [-0.2, 0) is 0 Å². The Bertz CT molecular complexity index is 3610. The third-order valence-corrected chi connectivity index (χ3v) is 11.9. The fourth-order valence-electron chi connectivity index (χ4n) is 8.85. The molecule has 12 aromatic rings. The van der Waals surface area contributed by atoms with Crippen molar-refractivity contribution in [1.82, 2.24) is 15.0 Å². The molecule has 0 aliphatic rings. The highest BCUT2D eigenvalue weighted by atomic mass is 16.3. The standard InChI is InChI=1S/C57H35N3O/c1-3-13-36(14-4-1)37-23-25-38(26-24-37)50-35-51(60-57(59-50)41-15-5-2-6-16-41)39-27-29-40(30-28-39)55-54-48-21-11-12-22-53(48)61-56(54)47-32-31-43(34-52(47)58-55)49-33-42-17-7-8-18-44(42)45-19-9-10-20-46(45)49/h1-35H. The van der Waals surface area contributed by atoms with Crippen LogP contribution in [0.3, 0.4) is 0 Å².